The normalized spacial score (nSPS) is 22.0. The Kier molecular flexibility index (Phi) is 6.83. The van der Waals surface area contributed by atoms with Crippen LogP contribution in [0.4, 0.5) is 0 Å². The lowest BCUT2D eigenvalue weighted by molar-refractivity contribution is 0.0240. The number of para-hydroxylation sites is 2. The lowest BCUT2D eigenvalue weighted by atomic mass is 9.93. The van der Waals surface area contributed by atoms with Crippen molar-refractivity contribution in [3.05, 3.63) is 24.3 Å². The van der Waals surface area contributed by atoms with E-state index in [1.165, 1.54) is 0 Å². The van der Waals surface area contributed by atoms with Crippen LogP contribution < -0.4 is 14.8 Å². The zero-order chi connectivity index (χ0) is 14.9. The highest BCUT2D eigenvalue weighted by Gasteiger charge is 2.24. The highest BCUT2D eigenvalue weighted by atomic mass is 16.5. The largest absolute Gasteiger partial charge is 0.490 e. The van der Waals surface area contributed by atoms with Crippen LogP contribution in [0, 0.1) is 5.92 Å². The average molecular weight is 293 g/mol. The summed E-state index contributed by atoms with van der Waals surface area (Å²) in [5, 5.41) is 3.55. The fourth-order valence-electron chi connectivity index (χ4n) is 2.78. The Morgan fingerprint density at radius 3 is 2.67 bits per heavy atom. The summed E-state index contributed by atoms with van der Waals surface area (Å²) < 4.78 is 17.1. The maximum atomic E-state index is 5.91. The molecule has 0 saturated carbocycles. The number of ether oxygens (including phenoxy) is 3. The predicted molar refractivity (Wildman–Crippen MR) is 84.1 cm³/mol. The number of hydrogen-bond donors (Lipinski definition) is 1. The van der Waals surface area contributed by atoms with Gasteiger partial charge in [0.15, 0.2) is 11.5 Å². The van der Waals surface area contributed by atoms with Gasteiger partial charge in [-0.05, 0) is 38.4 Å². The molecule has 0 spiro atoms. The molecule has 2 unspecified atom stereocenters. The second kappa shape index (κ2) is 8.90. The molecule has 21 heavy (non-hydrogen) atoms. The molecule has 4 heteroatoms. The van der Waals surface area contributed by atoms with Gasteiger partial charge in [-0.2, -0.15) is 0 Å². The fraction of sp³-hybridized carbons (Fsp3) is 0.647. The van der Waals surface area contributed by atoms with E-state index in [0.29, 0.717) is 25.2 Å². The number of nitrogens with one attached hydrogen (secondary N) is 1. The number of hydrogen-bond acceptors (Lipinski definition) is 4. The van der Waals surface area contributed by atoms with Crippen LogP contribution in [0.1, 0.15) is 26.7 Å². The number of rotatable bonds is 8. The molecule has 0 aromatic heterocycles. The van der Waals surface area contributed by atoms with Gasteiger partial charge in [0, 0.05) is 18.6 Å². The third kappa shape index (κ3) is 4.90. The van der Waals surface area contributed by atoms with Crippen LogP contribution in [0.5, 0.6) is 11.5 Å². The summed E-state index contributed by atoms with van der Waals surface area (Å²) in [7, 11) is 0. The van der Waals surface area contributed by atoms with Crippen LogP contribution in [0.2, 0.25) is 0 Å². The molecule has 1 aliphatic rings. The van der Waals surface area contributed by atoms with Crippen LogP contribution in [0.15, 0.2) is 24.3 Å². The molecule has 1 aromatic carbocycles. The van der Waals surface area contributed by atoms with Gasteiger partial charge in [0.1, 0.15) is 0 Å². The topological polar surface area (TPSA) is 39.7 Å². The first-order valence-corrected chi connectivity index (χ1v) is 8.00. The van der Waals surface area contributed by atoms with E-state index < -0.39 is 0 Å². The Bertz CT molecular complexity index is 409. The maximum absolute atomic E-state index is 5.91. The van der Waals surface area contributed by atoms with Crippen LogP contribution in [0.25, 0.3) is 0 Å². The van der Waals surface area contributed by atoms with Gasteiger partial charge >= 0.3 is 0 Å². The Balaban J connectivity index is 1.82. The maximum Gasteiger partial charge on any atom is 0.161 e. The molecule has 1 aromatic rings. The molecule has 0 aliphatic carbocycles. The van der Waals surface area contributed by atoms with Crippen molar-refractivity contribution in [3.63, 3.8) is 0 Å². The van der Waals surface area contributed by atoms with Crippen molar-refractivity contribution < 1.29 is 14.2 Å². The Morgan fingerprint density at radius 1 is 1.19 bits per heavy atom. The standard InChI is InChI=1S/C17H27NO3/c1-3-18-15-10-11-19-13-14(15)9-12-21-17-8-6-5-7-16(17)20-4-2/h5-8,14-15,18H,3-4,9-13H2,1-2H3. The lowest BCUT2D eigenvalue weighted by Crippen LogP contribution is -2.43. The van der Waals surface area contributed by atoms with Crippen molar-refractivity contribution in [2.45, 2.75) is 32.7 Å². The molecular weight excluding hydrogens is 266 g/mol. The summed E-state index contributed by atoms with van der Waals surface area (Å²) in [6.07, 6.45) is 2.09. The van der Waals surface area contributed by atoms with Gasteiger partial charge in [0.25, 0.3) is 0 Å². The summed E-state index contributed by atoms with van der Waals surface area (Å²) >= 11 is 0. The lowest BCUT2D eigenvalue weighted by Gasteiger charge is -2.32. The number of benzene rings is 1. The van der Waals surface area contributed by atoms with Crippen LogP contribution in [-0.4, -0.2) is 39.0 Å². The van der Waals surface area contributed by atoms with Gasteiger partial charge in [0.2, 0.25) is 0 Å². The van der Waals surface area contributed by atoms with Crippen molar-refractivity contribution >= 4 is 0 Å². The Labute approximate surface area is 127 Å². The minimum Gasteiger partial charge on any atom is -0.490 e. The quantitative estimate of drug-likeness (QED) is 0.800. The van der Waals surface area contributed by atoms with Crippen molar-refractivity contribution in [1.82, 2.24) is 5.32 Å². The van der Waals surface area contributed by atoms with Gasteiger partial charge in [-0.25, -0.2) is 0 Å². The van der Waals surface area contributed by atoms with Crippen LogP contribution in [0.3, 0.4) is 0 Å². The summed E-state index contributed by atoms with van der Waals surface area (Å²) in [4.78, 5) is 0. The molecule has 118 valence electrons. The van der Waals surface area contributed by atoms with E-state index in [9.17, 15) is 0 Å². The van der Waals surface area contributed by atoms with Gasteiger partial charge in [0.05, 0.1) is 19.8 Å². The second-order valence-corrected chi connectivity index (χ2v) is 5.30. The summed E-state index contributed by atoms with van der Waals surface area (Å²) in [6.45, 7) is 8.18. The van der Waals surface area contributed by atoms with Crippen molar-refractivity contribution in [1.29, 1.82) is 0 Å². The van der Waals surface area contributed by atoms with Crippen molar-refractivity contribution in [2.75, 3.05) is 33.0 Å². The van der Waals surface area contributed by atoms with E-state index in [2.05, 4.69) is 12.2 Å². The molecule has 4 nitrogen and oxygen atoms in total. The van der Waals surface area contributed by atoms with E-state index in [0.717, 1.165) is 44.1 Å². The average Bonchev–Trinajstić information content (AvgIpc) is 2.51. The van der Waals surface area contributed by atoms with Gasteiger partial charge in [-0.3, -0.25) is 0 Å². The minimum absolute atomic E-state index is 0.526. The summed E-state index contributed by atoms with van der Waals surface area (Å²) in [5.41, 5.74) is 0. The molecular formula is C17H27NO3. The second-order valence-electron chi connectivity index (χ2n) is 5.30. The van der Waals surface area contributed by atoms with Gasteiger partial charge in [-0.1, -0.05) is 19.1 Å². The third-order valence-electron chi connectivity index (χ3n) is 3.84. The van der Waals surface area contributed by atoms with E-state index in [-0.39, 0.29) is 0 Å². The Hall–Kier alpha value is -1.26. The molecule has 0 radical (unpaired) electrons. The first kappa shape index (κ1) is 16.1. The highest BCUT2D eigenvalue weighted by Crippen LogP contribution is 2.27. The Morgan fingerprint density at radius 2 is 1.95 bits per heavy atom. The van der Waals surface area contributed by atoms with Crippen LogP contribution in [-0.2, 0) is 4.74 Å². The van der Waals surface area contributed by atoms with Crippen molar-refractivity contribution in [2.24, 2.45) is 5.92 Å². The van der Waals surface area contributed by atoms with E-state index in [4.69, 9.17) is 14.2 Å². The molecule has 2 atom stereocenters. The van der Waals surface area contributed by atoms with Gasteiger partial charge in [-0.15, -0.1) is 0 Å². The summed E-state index contributed by atoms with van der Waals surface area (Å²) in [5.74, 6) is 2.18. The van der Waals surface area contributed by atoms with E-state index in [1.54, 1.807) is 0 Å². The minimum atomic E-state index is 0.526. The molecule has 1 fully saturated rings. The van der Waals surface area contributed by atoms with Crippen molar-refractivity contribution in [3.8, 4) is 11.5 Å². The predicted octanol–water partition coefficient (Wildman–Crippen LogP) is 2.87. The molecule has 1 N–H and O–H groups in total. The van der Waals surface area contributed by atoms with E-state index >= 15 is 0 Å². The van der Waals surface area contributed by atoms with Crippen LogP contribution >= 0.6 is 0 Å². The monoisotopic (exact) mass is 293 g/mol. The zero-order valence-corrected chi connectivity index (χ0v) is 13.1. The summed E-state index contributed by atoms with van der Waals surface area (Å²) in [6, 6.07) is 8.40. The molecule has 1 aliphatic heterocycles. The molecule has 0 bridgehead atoms. The first-order chi connectivity index (χ1) is 10.3. The smallest absolute Gasteiger partial charge is 0.161 e. The molecule has 0 amide bonds. The fourth-order valence-corrected chi connectivity index (χ4v) is 2.78. The van der Waals surface area contributed by atoms with Gasteiger partial charge < -0.3 is 19.5 Å². The first-order valence-electron chi connectivity index (χ1n) is 8.00. The van der Waals surface area contributed by atoms with E-state index in [1.807, 2.05) is 31.2 Å². The molecule has 1 heterocycles. The SMILES string of the molecule is CCNC1CCOCC1CCOc1ccccc1OCC. The molecule has 2 rings (SSSR count). The molecule has 1 saturated heterocycles. The third-order valence-corrected chi connectivity index (χ3v) is 3.84. The highest BCUT2D eigenvalue weighted by molar-refractivity contribution is 5.39. The zero-order valence-electron chi connectivity index (χ0n) is 13.1.